The van der Waals surface area contributed by atoms with Gasteiger partial charge in [-0.2, -0.15) is 0 Å². The minimum absolute atomic E-state index is 0.0231. The maximum absolute atomic E-state index is 9.18. The van der Waals surface area contributed by atoms with Gasteiger partial charge in [0.1, 0.15) is 0 Å². The van der Waals surface area contributed by atoms with E-state index in [0.717, 1.165) is 30.0 Å². The molecule has 0 radical (unpaired) electrons. The standard InChI is InChI=1S/C15H24ClNO/c1-12(13-7-4-5-8-14(13)16)17-10-6-9-15(2,3)11-18/h4-5,7-8,12,17-18H,6,9-11H2,1-3H3. The molecule has 1 aromatic carbocycles. The Morgan fingerprint density at radius 1 is 1.33 bits per heavy atom. The minimum Gasteiger partial charge on any atom is -0.396 e. The molecule has 0 saturated heterocycles. The lowest BCUT2D eigenvalue weighted by atomic mass is 9.89. The van der Waals surface area contributed by atoms with Crippen LogP contribution in [0.4, 0.5) is 0 Å². The van der Waals surface area contributed by atoms with Crippen LogP contribution in [0.3, 0.4) is 0 Å². The topological polar surface area (TPSA) is 32.3 Å². The smallest absolute Gasteiger partial charge is 0.0482 e. The van der Waals surface area contributed by atoms with Gasteiger partial charge >= 0.3 is 0 Å². The zero-order valence-corrected chi connectivity index (χ0v) is 12.3. The summed E-state index contributed by atoms with van der Waals surface area (Å²) < 4.78 is 0. The second kappa shape index (κ2) is 7.13. The first-order chi connectivity index (χ1) is 8.46. The van der Waals surface area contributed by atoms with Crippen LogP contribution in [-0.4, -0.2) is 18.3 Å². The van der Waals surface area contributed by atoms with Crippen molar-refractivity contribution in [3.8, 4) is 0 Å². The van der Waals surface area contributed by atoms with Gasteiger partial charge in [-0.3, -0.25) is 0 Å². The molecule has 1 rings (SSSR count). The lowest BCUT2D eigenvalue weighted by Crippen LogP contribution is -2.23. The average Bonchev–Trinajstić information content (AvgIpc) is 2.35. The molecule has 0 spiro atoms. The molecule has 0 saturated carbocycles. The van der Waals surface area contributed by atoms with Crippen molar-refractivity contribution < 1.29 is 5.11 Å². The van der Waals surface area contributed by atoms with E-state index in [2.05, 4.69) is 32.2 Å². The van der Waals surface area contributed by atoms with E-state index < -0.39 is 0 Å². The lowest BCUT2D eigenvalue weighted by molar-refractivity contribution is 0.147. The molecule has 2 N–H and O–H groups in total. The highest BCUT2D eigenvalue weighted by Crippen LogP contribution is 2.23. The van der Waals surface area contributed by atoms with Gasteiger partial charge in [0.05, 0.1) is 0 Å². The number of hydrogen-bond donors (Lipinski definition) is 2. The van der Waals surface area contributed by atoms with Crippen molar-refractivity contribution in [3.05, 3.63) is 34.9 Å². The molecule has 18 heavy (non-hydrogen) atoms. The summed E-state index contributed by atoms with van der Waals surface area (Å²) in [5.41, 5.74) is 1.16. The van der Waals surface area contributed by atoms with E-state index in [-0.39, 0.29) is 18.1 Å². The zero-order valence-electron chi connectivity index (χ0n) is 11.5. The number of nitrogens with one attached hydrogen (secondary N) is 1. The van der Waals surface area contributed by atoms with Crippen molar-refractivity contribution in [2.45, 2.75) is 39.7 Å². The molecule has 0 aliphatic heterocycles. The van der Waals surface area contributed by atoms with E-state index in [1.807, 2.05) is 18.2 Å². The van der Waals surface area contributed by atoms with E-state index in [0.29, 0.717) is 0 Å². The Balaban J connectivity index is 2.34. The number of rotatable bonds is 7. The Bertz CT molecular complexity index is 365. The van der Waals surface area contributed by atoms with Gasteiger partial charge in [-0.15, -0.1) is 0 Å². The van der Waals surface area contributed by atoms with Crippen LogP contribution in [0, 0.1) is 5.41 Å². The molecule has 2 nitrogen and oxygen atoms in total. The number of aliphatic hydroxyl groups excluding tert-OH is 1. The van der Waals surface area contributed by atoms with E-state index in [9.17, 15) is 5.11 Å². The van der Waals surface area contributed by atoms with Crippen LogP contribution in [-0.2, 0) is 0 Å². The zero-order chi connectivity index (χ0) is 13.6. The van der Waals surface area contributed by atoms with Gasteiger partial charge in [0.2, 0.25) is 0 Å². The SMILES string of the molecule is CC(NCCCC(C)(C)CO)c1ccccc1Cl. The Kier molecular flexibility index (Phi) is 6.13. The predicted molar refractivity (Wildman–Crippen MR) is 78.0 cm³/mol. The molecule has 0 heterocycles. The van der Waals surface area contributed by atoms with E-state index in [1.165, 1.54) is 0 Å². The number of hydrogen-bond acceptors (Lipinski definition) is 2. The third-order valence-corrected chi connectivity index (χ3v) is 3.62. The van der Waals surface area contributed by atoms with Crippen LogP contribution < -0.4 is 5.32 Å². The highest BCUT2D eigenvalue weighted by atomic mass is 35.5. The maximum Gasteiger partial charge on any atom is 0.0482 e. The average molecular weight is 270 g/mol. The van der Waals surface area contributed by atoms with Gasteiger partial charge < -0.3 is 10.4 Å². The molecule has 0 amide bonds. The molecule has 3 heteroatoms. The fourth-order valence-electron chi connectivity index (χ4n) is 1.90. The van der Waals surface area contributed by atoms with Crippen molar-refractivity contribution >= 4 is 11.6 Å². The maximum atomic E-state index is 9.18. The summed E-state index contributed by atoms with van der Waals surface area (Å²) in [6, 6.07) is 8.19. The third kappa shape index (κ3) is 4.97. The molecule has 0 aliphatic rings. The molecule has 0 bridgehead atoms. The second-order valence-corrected chi connectivity index (χ2v) is 6.03. The van der Waals surface area contributed by atoms with Gasteiger partial charge in [-0.25, -0.2) is 0 Å². The summed E-state index contributed by atoms with van der Waals surface area (Å²) in [5, 5.41) is 13.5. The van der Waals surface area contributed by atoms with Crippen molar-refractivity contribution in [1.29, 1.82) is 0 Å². The molecule has 0 fully saturated rings. The molecule has 102 valence electrons. The first kappa shape index (κ1) is 15.5. The largest absolute Gasteiger partial charge is 0.396 e. The Labute approximate surface area is 115 Å². The van der Waals surface area contributed by atoms with Crippen molar-refractivity contribution in [2.75, 3.05) is 13.2 Å². The predicted octanol–water partition coefficient (Wildman–Crippen LogP) is 3.79. The highest BCUT2D eigenvalue weighted by Gasteiger charge is 2.15. The summed E-state index contributed by atoms with van der Waals surface area (Å²) in [5.74, 6) is 0. The van der Waals surface area contributed by atoms with Crippen LogP contribution in [0.5, 0.6) is 0 Å². The van der Waals surface area contributed by atoms with E-state index in [4.69, 9.17) is 11.6 Å². The molecule has 0 aliphatic carbocycles. The second-order valence-electron chi connectivity index (χ2n) is 5.62. The van der Waals surface area contributed by atoms with E-state index >= 15 is 0 Å². The number of aliphatic hydroxyl groups is 1. The monoisotopic (exact) mass is 269 g/mol. The summed E-state index contributed by atoms with van der Waals surface area (Å²) in [6.07, 6.45) is 2.08. The summed E-state index contributed by atoms with van der Waals surface area (Å²) in [6.45, 7) is 7.48. The first-order valence-electron chi connectivity index (χ1n) is 6.55. The van der Waals surface area contributed by atoms with Gasteiger partial charge in [-0.05, 0) is 43.4 Å². The number of halogens is 1. The Morgan fingerprint density at radius 3 is 2.61 bits per heavy atom. The molecule has 1 atom stereocenters. The Morgan fingerprint density at radius 2 is 2.00 bits per heavy atom. The van der Waals surface area contributed by atoms with Crippen LogP contribution in [0.15, 0.2) is 24.3 Å². The molecule has 1 unspecified atom stereocenters. The molecular formula is C15H24ClNO. The Hall–Kier alpha value is -0.570. The van der Waals surface area contributed by atoms with Crippen molar-refractivity contribution in [1.82, 2.24) is 5.32 Å². The van der Waals surface area contributed by atoms with Gasteiger partial charge in [0, 0.05) is 17.7 Å². The number of benzene rings is 1. The normalized spacial score (nSPS) is 13.6. The van der Waals surface area contributed by atoms with Crippen LogP contribution in [0.25, 0.3) is 0 Å². The molecular weight excluding hydrogens is 246 g/mol. The highest BCUT2D eigenvalue weighted by molar-refractivity contribution is 6.31. The summed E-state index contributed by atoms with van der Waals surface area (Å²) in [7, 11) is 0. The van der Waals surface area contributed by atoms with Crippen LogP contribution >= 0.6 is 11.6 Å². The van der Waals surface area contributed by atoms with Gasteiger partial charge in [0.25, 0.3) is 0 Å². The first-order valence-corrected chi connectivity index (χ1v) is 6.93. The van der Waals surface area contributed by atoms with Gasteiger partial charge in [0.15, 0.2) is 0 Å². The summed E-state index contributed by atoms with van der Waals surface area (Å²) in [4.78, 5) is 0. The van der Waals surface area contributed by atoms with Crippen LogP contribution in [0.2, 0.25) is 5.02 Å². The fourth-order valence-corrected chi connectivity index (χ4v) is 2.20. The minimum atomic E-state index is 0.0231. The van der Waals surface area contributed by atoms with Gasteiger partial charge in [-0.1, -0.05) is 43.6 Å². The third-order valence-electron chi connectivity index (χ3n) is 3.28. The van der Waals surface area contributed by atoms with Crippen molar-refractivity contribution in [3.63, 3.8) is 0 Å². The fraction of sp³-hybridized carbons (Fsp3) is 0.600. The lowest BCUT2D eigenvalue weighted by Gasteiger charge is -2.22. The van der Waals surface area contributed by atoms with E-state index in [1.54, 1.807) is 0 Å². The molecule has 1 aromatic rings. The molecule has 0 aromatic heterocycles. The summed E-state index contributed by atoms with van der Waals surface area (Å²) >= 11 is 6.15. The quantitative estimate of drug-likeness (QED) is 0.738. The van der Waals surface area contributed by atoms with Crippen LogP contribution in [0.1, 0.15) is 45.2 Å². The van der Waals surface area contributed by atoms with Crippen molar-refractivity contribution in [2.24, 2.45) is 5.41 Å².